The van der Waals surface area contributed by atoms with Crippen LogP contribution in [0.2, 0.25) is 5.02 Å². The van der Waals surface area contributed by atoms with Gasteiger partial charge in [0.15, 0.2) is 5.75 Å². The maximum absolute atomic E-state index is 6.55. The van der Waals surface area contributed by atoms with Crippen LogP contribution in [0.15, 0.2) is 18.5 Å². The summed E-state index contributed by atoms with van der Waals surface area (Å²) in [4.78, 5) is 4.71. The van der Waals surface area contributed by atoms with Crippen molar-refractivity contribution in [2.24, 2.45) is 0 Å². The summed E-state index contributed by atoms with van der Waals surface area (Å²) in [5, 5.41) is 3.33. The second-order valence-electron chi connectivity index (χ2n) is 6.62. The molecule has 130 valence electrons. The van der Waals surface area contributed by atoms with E-state index >= 15 is 0 Å². The van der Waals surface area contributed by atoms with E-state index in [4.69, 9.17) is 21.3 Å². The number of hydrogen-bond donors (Lipinski definition) is 0. The standard InChI is InChI=1S/C18H29ClN2OS/c1-8-22-16-11-20-18-15(17(16)19)9-10-21(18)23(12(2)3,13(4)5)14(6)7/h9-14H,8H2,1-7H3. The van der Waals surface area contributed by atoms with Gasteiger partial charge in [-0.05, 0) is 13.0 Å². The molecule has 0 radical (unpaired) electrons. The number of rotatable bonds is 6. The van der Waals surface area contributed by atoms with Gasteiger partial charge in [0, 0.05) is 27.3 Å². The van der Waals surface area contributed by atoms with Crippen molar-refractivity contribution in [3.63, 3.8) is 0 Å². The highest BCUT2D eigenvalue weighted by molar-refractivity contribution is 8.33. The maximum Gasteiger partial charge on any atom is 0.156 e. The molecule has 0 N–H and O–H groups in total. The first-order chi connectivity index (χ1) is 10.8. The van der Waals surface area contributed by atoms with Gasteiger partial charge in [0.05, 0.1) is 17.8 Å². The summed E-state index contributed by atoms with van der Waals surface area (Å²) < 4.78 is 8.01. The lowest BCUT2D eigenvalue weighted by atomic mass is 10.3. The third-order valence-electron chi connectivity index (χ3n) is 4.49. The van der Waals surface area contributed by atoms with Crippen molar-refractivity contribution in [3.8, 4) is 5.75 Å². The van der Waals surface area contributed by atoms with Crippen LogP contribution in [-0.2, 0) is 0 Å². The van der Waals surface area contributed by atoms with Crippen LogP contribution in [0.4, 0.5) is 0 Å². The Kier molecular flexibility index (Phi) is 5.57. The van der Waals surface area contributed by atoms with Gasteiger partial charge in [-0.15, -0.1) is 0 Å². The molecular weight excluding hydrogens is 328 g/mol. The zero-order chi connectivity index (χ0) is 17.4. The van der Waals surface area contributed by atoms with Gasteiger partial charge in [0.25, 0.3) is 0 Å². The van der Waals surface area contributed by atoms with Gasteiger partial charge < -0.3 is 4.74 Å². The quantitative estimate of drug-likeness (QED) is 0.646. The summed E-state index contributed by atoms with van der Waals surface area (Å²) in [6, 6.07) is 2.09. The fourth-order valence-corrected chi connectivity index (χ4v) is 9.44. The summed E-state index contributed by atoms with van der Waals surface area (Å²) >= 11 is 6.55. The molecule has 0 spiro atoms. The Balaban J connectivity index is 2.74. The smallest absolute Gasteiger partial charge is 0.156 e. The Labute approximate surface area is 146 Å². The molecule has 2 aromatic heterocycles. The van der Waals surface area contributed by atoms with Crippen molar-refractivity contribution in [1.29, 1.82) is 0 Å². The van der Waals surface area contributed by atoms with Crippen LogP contribution < -0.4 is 4.74 Å². The van der Waals surface area contributed by atoms with Crippen molar-refractivity contribution in [3.05, 3.63) is 23.5 Å². The minimum atomic E-state index is -1.10. The zero-order valence-electron chi connectivity index (χ0n) is 15.3. The Morgan fingerprint density at radius 1 is 1.13 bits per heavy atom. The van der Waals surface area contributed by atoms with E-state index in [1.165, 1.54) is 0 Å². The normalized spacial score (nSPS) is 13.5. The van der Waals surface area contributed by atoms with Crippen molar-refractivity contribution in [1.82, 2.24) is 8.96 Å². The minimum absolute atomic E-state index is 0.560. The Hall–Kier alpha value is -0.870. The first kappa shape index (κ1) is 18.5. The monoisotopic (exact) mass is 356 g/mol. The van der Waals surface area contributed by atoms with Crippen molar-refractivity contribution in [2.75, 3.05) is 6.61 Å². The van der Waals surface area contributed by atoms with Crippen LogP contribution in [0.1, 0.15) is 48.5 Å². The Morgan fingerprint density at radius 3 is 2.17 bits per heavy atom. The average Bonchev–Trinajstić information content (AvgIpc) is 2.87. The molecule has 23 heavy (non-hydrogen) atoms. The molecule has 2 aromatic rings. The summed E-state index contributed by atoms with van der Waals surface area (Å²) in [5.74, 6) is 0.665. The molecule has 0 saturated carbocycles. The molecule has 0 unspecified atom stereocenters. The van der Waals surface area contributed by atoms with Crippen LogP contribution >= 0.6 is 21.8 Å². The molecule has 0 bridgehead atoms. The molecule has 0 aromatic carbocycles. The molecule has 0 aliphatic heterocycles. The largest absolute Gasteiger partial charge is 0.491 e. The minimum Gasteiger partial charge on any atom is -0.491 e. The molecular formula is C18H29ClN2OS. The highest BCUT2D eigenvalue weighted by atomic mass is 35.5. The average molecular weight is 357 g/mol. The lowest BCUT2D eigenvalue weighted by Crippen LogP contribution is -2.33. The van der Waals surface area contributed by atoms with Crippen LogP contribution in [0.5, 0.6) is 5.75 Å². The lowest BCUT2D eigenvalue weighted by molar-refractivity contribution is 0.339. The van der Waals surface area contributed by atoms with Crippen molar-refractivity contribution < 1.29 is 4.74 Å². The number of pyridine rings is 1. The van der Waals surface area contributed by atoms with Crippen molar-refractivity contribution in [2.45, 2.75) is 64.2 Å². The maximum atomic E-state index is 6.55. The summed E-state index contributed by atoms with van der Waals surface area (Å²) in [6.45, 7) is 16.5. The number of halogens is 1. The van der Waals surface area contributed by atoms with E-state index in [9.17, 15) is 0 Å². The van der Waals surface area contributed by atoms with Crippen LogP contribution in [0.3, 0.4) is 0 Å². The van der Waals surface area contributed by atoms with Gasteiger partial charge >= 0.3 is 0 Å². The lowest BCUT2D eigenvalue weighted by Gasteiger charge is -2.52. The molecule has 0 saturated heterocycles. The highest BCUT2D eigenvalue weighted by Gasteiger charge is 2.37. The zero-order valence-corrected chi connectivity index (χ0v) is 16.8. The number of hydrogen-bond acceptors (Lipinski definition) is 2. The fraction of sp³-hybridized carbons (Fsp3) is 0.611. The summed E-state index contributed by atoms with van der Waals surface area (Å²) in [7, 11) is -1.10. The molecule has 3 nitrogen and oxygen atoms in total. The van der Waals surface area contributed by atoms with E-state index in [-0.39, 0.29) is 0 Å². The molecule has 0 aliphatic rings. The van der Waals surface area contributed by atoms with E-state index < -0.39 is 10.2 Å². The second kappa shape index (κ2) is 6.94. The number of ether oxygens (including phenoxy) is 1. The van der Waals surface area contributed by atoms with Gasteiger partial charge in [0.1, 0.15) is 5.65 Å². The van der Waals surface area contributed by atoms with Gasteiger partial charge in [-0.1, -0.05) is 53.1 Å². The topological polar surface area (TPSA) is 27.1 Å². The SMILES string of the molecule is CCOc1cnc2c(ccn2S(C(C)C)(C(C)C)C(C)C)c1Cl. The van der Waals surface area contributed by atoms with Crippen LogP contribution in [0, 0.1) is 0 Å². The third kappa shape index (κ3) is 2.85. The van der Waals surface area contributed by atoms with E-state index in [2.05, 4.69) is 57.8 Å². The van der Waals surface area contributed by atoms with Gasteiger partial charge in [-0.25, -0.2) is 4.98 Å². The van der Waals surface area contributed by atoms with Crippen LogP contribution in [0.25, 0.3) is 11.0 Å². The summed E-state index contributed by atoms with van der Waals surface area (Å²) in [5.41, 5.74) is 0.976. The van der Waals surface area contributed by atoms with Crippen molar-refractivity contribution >= 4 is 32.8 Å². The van der Waals surface area contributed by atoms with Gasteiger partial charge in [-0.3, -0.25) is 3.97 Å². The second-order valence-corrected chi connectivity index (χ2v) is 11.7. The fourth-order valence-electron chi connectivity index (χ4n) is 3.84. The Bertz CT molecular complexity index is 657. The molecule has 0 atom stereocenters. The van der Waals surface area contributed by atoms with Crippen LogP contribution in [-0.4, -0.2) is 31.3 Å². The third-order valence-corrected chi connectivity index (χ3v) is 10.4. The Morgan fingerprint density at radius 2 is 1.70 bits per heavy atom. The first-order valence-electron chi connectivity index (χ1n) is 8.37. The summed E-state index contributed by atoms with van der Waals surface area (Å²) in [6.07, 6.45) is 3.93. The first-order valence-corrected chi connectivity index (χ1v) is 10.5. The van der Waals surface area contributed by atoms with Gasteiger partial charge in [0.2, 0.25) is 0 Å². The number of nitrogens with zero attached hydrogens (tertiary/aromatic N) is 2. The van der Waals surface area contributed by atoms with E-state index in [0.29, 0.717) is 33.1 Å². The predicted molar refractivity (Wildman–Crippen MR) is 104 cm³/mol. The molecule has 0 amide bonds. The van der Waals surface area contributed by atoms with Gasteiger partial charge in [-0.2, -0.15) is 10.2 Å². The molecule has 0 fully saturated rings. The molecule has 2 heterocycles. The molecule has 0 aliphatic carbocycles. The highest BCUT2D eigenvalue weighted by Crippen LogP contribution is 2.62. The predicted octanol–water partition coefficient (Wildman–Crippen LogP) is 5.88. The van der Waals surface area contributed by atoms with E-state index in [1.807, 2.05) is 6.92 Å². The van der Waals surface area contributed by atoms with E-state index in [1.54, 1.807) is 6.20 Å². The van der Waals surface area contributed by atoms with E-state index in [0.717, 1.165) is 11.0 Å². The number of fused-ring (bicyclic) bond motifs is 1. The number of aromatic nitrogens is 2. The molecule has 2 rings (SSSR count). The molecule has 5 heteroatoms.